The molecule has 1 heterocycles. The molecular formula is C18H30N2. The Labute approximate surface area is 124 Å². The maximum atomic E-state index is 3.86. The van der Waals surface area contributed by atoms with Gasteiger partial charge in [0.2, 0.25) is 0 Å². The van der Waals surface area contributed by atoms with Gasteiger partial charge in [-0.3, -0.25) is 4.90 Å². The molecule has 1 aliphatic heterocycles. The van der Waals surface area contributed by atoms with Gasteiger partial charge in [0.1, 0.15) is 0 Å². The van der Waals surface area contributed by atoms with Crippen molar-refractivity contribution in [3.63, 3.8) is 0 Å². The van der Waals surface area contributed by atoms with Crippen molar-refractivity contribution >= 4 is 0 Å². The van der Waals surface area contributed by atoms with Gasteiger partial charge in [-0.2, -0.15) is 0 Å². The van der Waals surface area contributed by atoms with Crippen molar-refractivity contribution in [2.75, 3.05) is 13.1 Å². The zero-order chi connectivity index (χ0) is 14.4. The summed E-state index contributed by atoms with van der Waals surface area (Å²) in [6.45, 7) is 10.5. The number of likely N-dealkylation sites (tertiary alicyclic amines) is 1. The molecule has 1 aliphatic rings. The van der Waals surface area contributed by atoms with Gasteiger partial charge in [0, 0.05) is 18.6 Å². The first-order chi connectivity index (χ1) is 9.69. The minimum atomic E-state index is 0.681. The summed E-state index contributed by atoms with van der Waals surface area (Å²) in [5, 5.41) is 3.86. The Bertz CT molecular complexity index is 366. The van der Waals surface area contributed by atoms with Gasteiger partial charge >= 0.3 is 0 Å². The first kappa shape index (κ1) is 15.5. The monoisotopic (exact) mass is 274 g/mol. The third kappa shape index (κ3) is 4.60. The van der Waals surface area contributed by atoms with Gasteiger partial charge in [0.25, 0.3) is 0 Å². The number of hydrogen-bond donors (Lipinski definition) is 1. The van der Waals surface area contributed by atoms with E-state index in [0.717, 1.165) is 18.5 Å². The molecule has 112 valence electrons. The Hall–Kier alpha value is -0.860. The van der Waals surface area contributed by atoms with Crippen molar-refractivity contribution in [1.29, 1.82) is 0 Å². The summed E-state index contributed by atoms with van der Waals surface area (Å²) in [6.07, 6.45) is 3.81. The lowest BCUT2D eigenvalue weighted by Gasteiger charge is -2.35. The van der Waals surface area contributed by atoms with E-state index in [4.69, 9.17) is 0 Å². The van der Waals surface area contributed by atoms with Crippen LogP contribution in [-0.4, -0.2) is 30.1 Å². The number of benzene rings is 1. The number of piperidine rings is 1. The summed E-state index contributed by atoms with van der Waals surface area (Å²) in [6, 6.07) is 12.2. The maximum Gasteiger partial charge on any atom is 0.0233 e. The van der Waals surface area contributed by atoms with Gasteiger partial charge in [0.15, 0.2) is 0 Å². The van der Waals surface area contributed by atoms with Crippen LogP contribution < -0.4 is 5.32 Å². The van der Waals surface area contributed by atoms with Crippen molar-refractivity contribution in [3.8, 4) is 0 Å². The van der Waals surface area contributed by atoms with Gasteiger partial charge in [-0.05, 0) is 43.8 Å². The maximum absolute atomic E-state index is 3.86. The largest absolute Gasteiger partial charge is 0.311 e. The second-order valence-corrected chi connectivity index (χ2v) is 6.46. The average molecular weight is 274 g/mol. The highest BCUT2D eigenvalue weighted by Gasteiger charge is 2.22. The number of rotatable bonds is 6. The van der Waals surface area contributed by atoms with Crippen molar-refractivity contribution in [1.82, 2.24) is 10.2 Å². The van der Waals surface area contributed by atoms with Crippen molar-refractivity contribution in [3.05, 3.63) is 35.9 Å². The van der Waals surface area contributed by atoms with Gasteiger partial charge in [0.05, 0.1) is 0 Å². The quantitative estimate of drug-likeness (QED) is 0.851. The number of nitrogens with zero attached hydrogens (tertiary/aromatic N) is 1. The molecule has 1 atom stereocenters. The third-order valence-electron chi connectivity index (χ3n) is 4.53. The van der Waals surface area contributed by atoms with Gasteiger partial charge in [-0.1, -0.05) is 51.1 Å². The fourth-order valence-electron chi connectivity index (χ4n) is 3.18. The molecule has 20 heavy (non-hydrogen) atoms. The Balaban J connectivity index is 1.75. The summed E-state index contributed by atoms with van der Waals surface area (Å²) >= 11 is 0. The van der Waals surface area contributed by atoms with E-state index in [9.17, 15) is 0 Å². The number of nitrogens with one attached hydrogen (secondary N) is 1. The molecule has 0 radical (unpaired) electrons. The minimum Gasteiger partial charge on any atom is -0.311 e. The van der Waals surface area contributed by atoms with E-state index >= 15 is 0 Å². The molecule has 0 spiro atoms. The van der Waals surface area contributed by atoms with E-state index in [2.05, 4.69) is 61.3 Å². The van der Waals surface area contributed by atoms with E-state index < -0.39 is 0 Å². The SMILES string of the molecule is CCC(NC1CCN(Cc2ccccc2)CC1)C(C)C. The van der Waals surface area contributed by atoms with E-state index in [-0.39, 0.29) is 0 Å². The van der Waals surface area contributed by atoms with Gasteiger partial charge in [-0.25, -0.2) is 0 Å². The van der Waals surface area contributed by atoms with Crippen molar-refractivity contribution in [2.24, 2.45) is 5.92 Å². The second kappa shape index (κ2) is 7.80. The molecule has 1 unspecified atom stereocenters. The average Bonchev–Trinajstić information content (AvgIpc) is 2.47. The summed E-state index contributed by atoms with van der Waals surface area (Å²) in [7, 11) is 0. The van der Waals surface area contributed by atoms with E-state index in [1.54, 1.807) is 0 Å². The zero-order valence-electron chi connectivity index (χ0n) is 13.3. The predicted octanol–water partition coefficient (Wildman–Crippen LogP) is 3.68. The van der Waals surface area contributed by atoms with Crippen LogP contribution in [0.1, 0.15) is 45.6 Å². The Morgan fingerprint density at radius 1 is 1.15 bits per heavy atom. The first-order valence-corrected chi connectivity index (χ1v) is 8.21. The molecule has 2 rings (SSSR count). The number of hydrogen-bond acceptors (Lipinski definition) is 2. The molecule has 0 aliphatic carbocycles. The van der Waals surface area contributed by atoms with Crippen LogP contribution in [0.15, 0.2) is 30.3 Å². The van der Waals surface area contributed by atoms with Crippen LogP contribution in [0.2, 0.25) is 0 Å². The Morgan fingerprint density at radius 3 is 2.35 bits per heavy atom. The van der Waals surface area contributed by atoms with Crippen LogP contribution >= 0.6 is 0 Å². The predicted molar refractivity (Wildman–Crippen MR) is 86.8 cm³/mol. The molecule has 0 bridgehead atoms. The van der Waals surface area contributed by atoms with Crippen LogP contribution in [0, 0.1) is 5.92 Å². The Morgan fingerprint density at radius 2 is 1.80 bits per heavy atom. The molecule has 2 heteroatoms. The molecule has 0 saturated carbocycles. The highest BCUT2D eigenvalue weighted by atomic mass is 15.1. The first-order valence-electron chi connectivity index (χ1n) is 8.21. The van der Waals surface area contributed by atoms with E-state index in [0.29, 0.717) is 6.04 Å². The van der Waals surface area contributed by atoms with Crippen LogP contribution in [0.3, 0.4) is 0 Å². The highest BCUT2D eigenvalue weighted by molar-refractivity contribution is 5.14. The fraction of sp³-hybridized carbons (Fsp3) is 0.667. The molecule has 1 saturated heterocycles. The molecule has 0 amide bonds. The third-order valence-corrected chi connectivity index (χ3v) is 4.53. The topological polar surface area (TPSA) is 15.3 Å². The normalized spacial score (nSPS) is 19.4. The summed E-state index contributed by atoms with van der Waals surface area (Å²) in [5.41, 5.74) is 1.44. The van der Waals surface area contributed by atoms with Crippen LogP contribution in [-0.2, 0) is 6.54 Å². The lowest BCUT2D eigenvalue weighted by Crippen LogP contribution is -2.47. The second-order valence-electron chi connectivity index (χ2n) is 6.46. The molecule has 1 fully saturated rings. The van der Waals surface area contributed by atoms with Crippen LogP contribution in [0.25, 0.3) is 0 Å². The van der Waals surface area contributed by atoms with Crippen molar-refractivity contribution < 1.29 is 0 Å². The minimum absolute atomic E-state index is 0.681. The van der Waals surface area contributed by atoms with E-state index in [1.807, 2.05) is 0 Å². The fourth-order valence-corrected chi connectivity index (χ4v) is 3.18. The molecule has 2 nitrogen and oxygen atoms in total. The molecule has 0 aromatic heterocycles. The smallest absolute Gasteiger partial charge is 0.0233 e. The molecule has 1 aromatic carbocycles. The summed E-state index contributed by atoms with van der Waals surface area (Å²) < 4.78 is 0. The summed E-state index contributed by atoms with van der Waals surface area (Å²) in [5.74, 6) is 0.738. The highest BCUT2D eigenvalue weighted by Crippen LogP contribution is 2.16. The van der Waals surface area contributed by atoms with Crippen LogP contribution in [0.5, 0.6) is 0 Å². The van der Waals surface area contributed by atoms with E-state index in [1.165, 1.54) is 37.9 Å². The lowest BCUT2D eigenvalue weighted by atomic mass is 9.97. The summed E-state index contributed by atoms with van der Waals surface area (Å²) in [4.78, 5) is 2.59. The molecular weight excluding hydrogens is 244 g/mol. The van der Waals surface area contributed by atoms with Gasteiger partial charge in [-0.15, -0.1) is 0 Å². The van der Waals surface area contributed by atoms with Gasteiger partial charge < -0.3 is 5.32 Å². The lowest BCUT2D eigenvalue weighted by molar-refractivity contribution is 0.177. The van der Waals surface area contributed by atoms with Crippen LogP contribution in [0.4, 0.5) is 0 Å². The Kier molecular flexibility index (Phi) is 6.06. The van der Waals surface area contributed by atoms with Crippen molar-refractivity contribution in [2.45, 2.75) is 58.7 Å². The zero-order valence-corrected chi connectivity index (χ0v) is 13.3. The standard InChI is InChI=1S/C18H30N2/c1-4-18(15(2)3)19-17-10-12-20(13-11-17)14-16-8-6-5-7-9-16/h5-9,15,17-19H,4,10-14H2,1-3H3. The molecule has 1 aromatic rings. The molecule has 1 N–H and O–H groups in total.